The van der Waals surface area contributed by atoms with Crippen molar-refractivity contribution in [2.75, 3.05) is 19.0 Å². The van der Waals surface area contributed by atoms with Gasteiger partial charge in [-0.05, 0) is 54.1 Å². The fourth-order valence-corrected chi connectivity index (χ4v) is 3.93. The molecular formula is C20H17BrN2O5S. The van der Waals surface area contributed by atoms with Gasteiger partial charge in [-0.2, -0.15) is 0 Å². The third-order valence-electron chi connectivity index (χ3n) is 4.18. The quantitative estimate of drug-likeness (QED) is 0.629. The number of hydrogen-bond acceptors (Lipinski definition) is 6. The molecule has 0 bridgehead atoms. The van der Waals surface area contributed by atoms with Gasteiger partial charge < -0.3 is 15.2 Å². The number of aryl methyl sites for hydroxylation is 1. The molecule has 0 aliphatic carbocycles. The van der Waals surface area contributed by atoms with Gasteiger partial charge in [0.1, 0.15) is 6.54 Å². The Morgan fingerprint density at radius 2 is 2.03 bits per heavy atom. The first-order chi connectivity index (χ1) is 13.8. The first-order valence-electron chi connectivity index (χ1n) is 8.47. The zero-order chi connectivity index (χ0) is 21.1. The van der Waals surface area contributed by atoms with Crippen molar-refractivity contribution in [1.29, 1.82) is 0 Å². The van der Waals surface area contributed by atoms with Gasteiger partial charge >= 0.3 is 0 Å². The Morgan fingerprint density at radius 3 is 2.72 bits per heavy atom. The number of hydrogen-bond donors (Lipinski definition) is 2. The smallest absolute Gasteiger partial charge is 0.294 e. The van der Waals surface area contributed by atoms with Crippen LogP contribution < -0.4 is 10.1 Å². The van der Waals surface area contributed by atoms with Crippen LogP contribution in [0.1, 0.15) is 11.1 Å². The van der Waals surface area contributed by atoms with E-state index in [9.17, 15) is 19.5 Å². The highest BCUT2D eigenvalue weighted by atomic mass is 79.9. The fourth-order valence-electron chi connectivity index (χ4n) is 2.66. The van der Waals surface area contributed by atoms with E-state index >= 15 is 0 Å². The second-order valence-electron chi connectivity index (χ2n) is 6.18. The van der Waals surface area contributed by atoms with E-state index in [1.54, 1.807) is 12.1 Å². The molecule has 0 radical (unpaired) electrons. The van der Waals surface area contributed by atoms with E-state index in [1.165, 1.54) is 25.3 Å². The first-order valence-corrected chi connectivity index (χ1v) is 10.1. The summed E-state index contributed by atoms with van der Waals surface area (Å²) in [4.78, 5) is 38.3. The van der Waals surface area contributed by atoms with Crippen LogP contribution in [0.4, 0.5) is 10.5 Å². The van der Waals surface area contributed by atoms with Gasteiger partial charge in [-0.3, -0.25) is 19.3 Å². The van der Waals surface area contributed by atoms with Crippen LogP contribution >= 0.6 is 27.7 Å². The highest BCUT2D eigenvalue weighted by Gasteiger charge is 2.36. The fraction of sp³-hybridized carbons (Fsp3) is 0.150. The van der Waals surface area contributed by atoms with E-state index in [0.29, 0.717) is 15.7 Å². The molecule has 2 aromatic carbocycles. The molecule has 0 atom stereocenters. The van der Waals surface area contributed by atoms with Crippen molar-refractivity contribution in [3.63, 3.8) is 0 Å². The third-order valence-corrected chi connectivity index (χ3v) is 5.77. The molecule has 0 spiro atoms. The number of ether oxygens (including phenoxy) is 1. The largest absolute Gasteiger partial charge is 0.504 e. The Balaban J connectivity index is 1.77. The van der Waals surface area contributed by atoms with Crippen LogP contribution in [0.5, 0.6) is 11.5 Å². The second kappa shape index (κ2) is 8.71. The van der Waals surface area contributed by atoms with E-state index in [0.717, 1.165) is 22.2 Å². The van der Waals surface area contributed by atoms with Gasteiger partial charge in [-0.25, -0.2) is 0 Å². The molecule has 150 valence electrons. The highest BCUT2D eigenvalue weighted by molar-refractivity contribution is 9.10. The molecule has 1 aliphatic heterocycles. The number of benzene rings is 2. The molecule has 1 fully saturated rings. The van der Waals surface area contributed by atoms with Crippen LogP contribution in [0, 0.1) is 6.92 Å². The lowest BCUT2D eigenvalue weighted by atomic mass is 10.2. The molecule has 0 aromatic heterocycles. The average molecular weight is 477 g/mol. The monoisotopic (exact) mass is 476 g/mol. The maximum absolute atomic E-state index is 12.6. The number of carbonyl (C=O) groups is 3. The van der Waals surface area contributed by atoms with Gasteiger partial charge in [0.25, 0.3) is 11.1 Å². The van der Waals surface area contributed by atoms with Crippen LogP contribution in [0.15, 0.2) is 45.8 Å². The van der Waals surface area contributed by atoms with E-state index in [1.807, 2.05) is 19.1 Å². The topological polar surface area (TPSA) is 95.9 Å². The van der Waals surface area contributed by atoms with Gasteiger partial charge in [0.2, 0.25) is 5.91 Å². The van der Waals surface area contributed by atoms with Crippen LogP contribution in [0.25, 0.3) is 6.08 Å². The summed E-state index contributed by atoms with van der Waals surface area (Å²) < 4.78 is 5.60. The molecule has 3 amide bonds. The summed E-state index contributed by atoms with van der Waals surface area (Å²) in [5.74, 6) is -0.844. The van der Waals surface area contributed by atoms with Crippen molar-refractivity contribution in [3.05, 3.63) is 56.9 Å². The van der Waals surface area contributed by atoms with Crippen molar-refractivity contribution in [2.24, 2.45) is 0 Å². The van der Waals surface area contributed by atoms with Crippen molar-refractivity contribution in [1.82, 2.24) is 4.90 Å². The SMILES string of the molecule is COc1cc(/C=C2\SC(=O)N(CC(=O)Nc3ccccc3C)C2=O)c(Br)cc1O. The number of anilines is 1. The molecule has 1 aliphatic rings. The highest BCUT2D eigenvalue weighted by Crippen LogP contribution is 2.37. The third kappa shape index (κ3) is 4.63. The summed E-state index contributed by atoms with van der Waals surface area (Å²) in [6.45, 7) is 1.47. The molecule has 1 saturated heterocycles. The summed E-state index contributed by atoms with van der Waals surface area (Å²) in [7, 11) is 1.41. The Labute approximate surface area is 179 Å². The van der Waals surface area contributed by atoms with Gasteiger partial charge in [0.15, 0.2) is 11.5 Å². The number of para-hydroxylation sites is 1. The molecule has 2 N–H and O–H groups in total. The van der Waals surface area contributed by atoms with Gasteiger partial charge in [-0.1, -0.05) is 34.1 Å². The minimum atomic E-state index is -0.557. The number of amides is 3. The van der Waals surface area contributed by atoms with E-state index in [4.69, 9.17) is 4.74 Å². The summed E-state index contributed by atoms with van der Waals surface area (Å²) in [5.41, 5.74) is 2.05. The maximum Gasteiger partial charge on any atom is 0.294 e. The molecule has 3 rings (SSSR count). The molecule has 2 aromatic rings. The van der Waals surface area contributed by atoms with Crippen molar-refractivity contribution in [2.45, 2.75) is 6.92 Å². The standard InChI is InChI=1S/C20H17BrN2O5S/c1-11-5-3-4-6-14(11)22-18(25)10-23-19(26)17(29-20(23)27)8-12-7-16(28-2)15(24)9-13(12)21/h3-9,24H,10H2,1-2H3,(H,22,25)/b17-8-. The molecule has 1 heterocycles. The van der Waals surface area contributed by atoms with Crippen LogP contribution in [-0.2, 0) is 9.59 Å². The Hall–Kier alpha value is -2.78. The van der Waals surface area contributed by atoms with Gasteiger partial charge in [0.05, 0.1) is 12.0 Å². The molecule has 9 heteroatoms. The summed E-state index contributed by atoms with van der Waals surface area (Å²) in [6, 6.07) is 10.2. The number of imide groups is 1. The van der Waals surface area contributed by atoms with E-state index in [-0.39, 0.29) is 22.9 Å². The molecular weight excluding hydrogens is 460 g/mol. The summed E-state index contributed by atoms with van der Waals surface area (Å²) in [6.07, 6.45) is 1.51. The van der Waals surface area contributed by atoms with Crippen molar-refractivity contribution in [3.8, 4) is 11.5 Å². The molecule has 7 nitrogen and oxygen atoms in total. The summed E-state index contributed by atoms with van der Waals surface area (Å²) >= 11 is 4.06. The minimum absolute atomic E-state index is 0.0579. The molecule has 0 saturated carbocycles. The van der Waals surface area contributed by atoms with Crippen molar-refractivity contribution < 1.29 is 24.2 Å². The number of halogens is 1. The number of carbonyl (C=O) groups excluding carboxylic acids is 3. The zero-order valence-corrected chi connectivity index (χ0v) is 18.0. The minimum Gasteiger partial charge on any atom is -0.504 e. The molecule has 29 heavy (non-hydrogen) atoms. The van der Waals surface area contributed by atoms with Gasteiger partial charge in [0, 0.05) is 10.2 Å². The number of methoxy groups -OCH3 is 1. The Kier molecular flexibility index (Phi) is 6.29. The lowest BCUT2D eigenvalue weighted by Crippen LogP contribution is -2.36. The zero-order valence-electron chi connectivity index (χ0n) is 15.6. The normalized spacial score (nSPS) is 15.1. The number of phenols is 1. The second-order valence-corrected chi connectivity index (χ2v) is 8.02. The predicted octanol–water partition coefficient (Wildman–Crippen LogP) is 4.15. The van der Waals surface area contributed by atoms with Crippen molar-refractivity contribution >= 4 is 56.5 Å². The number of nitrogens with one attached hydrogen (secondary N) is 1. The number of rotatable bonds is 5. The maximum atomic E-state index is 12.6. The van der Waals surface area contributed by atoms with Crippen LogP contribution in [-0.4, -0.2) is 40.7 Å². The number of aromatic hydroxyl groups is 1. The first kappa shape index (κ1) is 20.9. The van der Waals surface area contributed by atoms with Crippen LogP contribution in [0.2, 0.25) is 0 Å². The lowest BCUT2D eigenvalue weighted by molar-refractivity contribution is -0.127. The number of thioether (sulfide) groups is 1. The number of phenolic OH excluding ortho intramolecular Hbond substituents is 1. The predicted molar refractivity (Wildman–Crippen MR) is 115 cm³/mol. The van der Waals surface area contributed by atoms with Crippen LogP contribution in [0.3, 0.4) is 0 Å². The summed E-state index contributed by atoms with van der Waals surface area (Å²) in [5, 5.41) is 12.0. The van der Waals surface area contributed by atoms with Gasteiger partial charge in [-0.15, -0.1) is 0 Å². The number of nitrogens with zero attached hydrogens (tertiary/aromatic N) is 1. The molecule has 0 unspecified atom stereocenters. The average Bonchev–Trinajstić information content (AvgIpc) is 2.93. The Morgan fingerprint density at radius 1 is 1.31 bits per heavy atom. The van der Waals surface area contributed by atoms with E-state index < -0.39 is 17.1 Å². The van der Waals surface area contributed by atoms with E-state index in [2.05, 4.69) is 21.2 Å². The lowest BCUT2D eigenvalue weighted by Gasteiger charge is -2.13. The Bertz CT molecular complexity index is 1040.